The van der Waals surface area contributed by atoms with Crippen molar-refractivity contribution >= 4 is 0 Å². The van der Waals surface area contributed by atoms with Gasteiger partial charge in [-0.2, -0.15) is 0 Å². The van der Waals surface area contributed by atoms with Crippen LogP contribution in [-0.4, -0.2) is 11.7 Å². The lowest BCUT2D eigenvalue weighted by Gasteiger charge is -2.33. The highest BCUT2D eigenvalue weighted by atomic mass is 16.3. The maximum atomic E-state index is 9.45. The first-order chi connectivity index (χ1) is 6.14. The molecule has 0 heterocycles. The SMILES string of the molecule is CCCC(CC)(CO)CC(C)CC. The molecule has 0 spiro atoms. The molecule has 80 valence electrons. The molecule has 0 aromatic heterocycles. The molecule has 2 unspecified atom stereocenters. The normalized spacial score (nSPS) is 18.2. The van der Waals surface area contributed by atoms with Gasteiger partial charge in [-0.25, -0.2) is 0 Å². The van der Waals surface area contributed by atoms with Crippen molar-refractivity contribution in [3.8, 4) is 0 Å². The molecule has 0 radical (unpaired) electrons. The van der Waals surface area contributed by atoms with E-state index < -0.39 is 0 Å². The first-order valence-corrected chi connectivity index (χ1v) is 5.75. The Hall–Kier alpha value is -0.0400. The quantitative estimate of drug-likeness (QED) is 0.644. The molecule has 0 bridgehead atoms. The smallest absolute Gasteiger partial charge is 0.0487 e. The minimum atomic E-state index is 0.212. The fourth-order valence-electron chi connectivity index (χ4n) is 2.09. The van der Waals surface area contributed by atoms with Gasteiger partial charge < -0.3 is 5.11 Å². The molecule has 2 atom stereocenters. The third-order valence-electron chi connectivity index (χ3n) is 3.34. The summed E-state index contributed by atoms with van der Waals surface area (Å²) in [5.41, 5.74) is 0.212. The third kappa shape index (κ3) is 4.12. The molecule has 0 rings (SSSR count). The van der Waals surface area contributed by atoms with Gasteiger partial charge in [0.15, 0.2) is 0 Å². The lowest BCUT2D eigenvalue weighted by Crippen LogP contribution is -2.26. The molecule has 0 saturated heterocycles. The molecule has 0 fully saturated rings. The second kappa shape index (κ2) is 6.42. The molecule has 1 heteroatoms. The van der Waals surface area contributed by atoms with Crippen molar-refractivity contribution in [3.63, 3.8) is 0 Å². The summed E-state index contributed by atoms with van der Waals surface area (Å²) in [5.74, 6) is 0.749. The molecule has 0 aliphatic carbocycles. The van der Waals surface area contributed by atoms with Crippen molar-refractivity contribution in [1.82, 2.24) is 0 Å². The van der Waals surface area contributed by atoms with Crippen LogP contribution in [0.25, 0.3) is 0 Å². The van der Waals surface area contributed by atoms with E-state index >= 15 is 0 Å². The summed E-state index contributed by atoms with van der Waals surface area (Å²) in [5, 5.41) is 9.45. The molecule has 0 aromatic rings. The first-order valence-electron chi connectivity index (χ1n) is 5.75. The van der Waals surface area contributed by atoms with Crippen LogP contribution in [-0.2, 0) is 0 Å². The van der Waals surface area contributed by atoms with Crippen LogP contribution in [0, 0.1) is 11.3 Å². The van der Waals surface area contributed by atoms with Crippen LogP contribution < -0.4 is 0 Å². The fourth-order valence-corrected chi connectivity index (χ4v) is 2.09. The molecule has 13 heavy (non-hydrogen) atoms. The Balaban J connectivity index is 4.19. The van der Waals surface area contributed by atoms with Crippen LogP contribution in [0.2, 0.25) is 0 Å². The van der Waals surface area contributed by atoms with Crippen molar-refractivity contribution in [2.75, 3.05) is 6.61 Å². The average Bonchev–Trinajstić information content (AvgIpc) is 2.17. The second-order valence-electron chi connectivity index (χ2n) is 4.48. The highest BCUT2D eigenvalue weighted by Crippen LogP contribution is 2.35. The highest BCUT2D eigenvalue weighted by Gasteiger charge is 2.27. The first kappa shape index (κ1) is 13.0. The number of rotatable bonds is 7. The maximum absolute atomic E-state index is 9.45. The van der Waals surface area contributed by atoms with E-state index in [1.807, 2.05) is 0 Å². The fraction of sp³-hybridized carbons (Fsp3) is 1.00. The Labute approximate surface area is 83.5 Å². The van der Waals surface area contributed by atoms with E-state index in [1.54, 1.807) is 0 Å². The molecule has 0 aliphatic rings. The lowest BCUT2D eigenvalue weighted by molar-refractivity contribution is 0.0824. The van der Waals surface area contributed by atoms with Crippen LogP contribution in [0.5, 0.6) is 0 Å². The van der Waals surface area contributed by atoms with Crippen molar-refractivity contribution in [1.29, 1.82) is 0 Å². The summed E-state index contributed by atoms with van der Waals surface area (Å²) in [7, 11) is 0. The molecule has 1 nitrogen and oxygen atoms in total. The zero-order valence-corrected chi connectivity index (χ0v) is 9.77. The van der Waals surface area contributed by atoms with Gasteiger partial charge in [0.2, 0.25) is 0 Å². The van der Waals surface area contributed by atoms with E-state index in [1.165, 1.54) is 25.7 Å². The van der Waals surface area contributed by atoms with Gasteiger partial charge >= 0.3 is 0 Å². The summed E-state index contributed by atoms with van der Waals surface area (Å²) >= 11 is 0. The van der Waals surface area contributed by atoms with E-state index in [2.05, 4.69) is 27.7 Å². The average molecular weight is 186 g/mol. The summed E-state index contributed by atoms with van der Waals surface area (Å²) in [6, 6.07) is 0. The summed E-state index contributed by atoms with van der Waals surface area (Å²) < 4.78 is 0. The topological polar surface area (TPSA) is 20.2 Å². The van der Waals surface area contributed by atoms with Crippen molar-refractivity contribution in [2.45, 2.75) is 59.8 Å². The van der Waals surface area contributed by atoms with E-state index in [-0.39, 0.29) is 5.41 Å². The molecular weight excluding hydrogens is 160 g/mol. The monoisotopic (exact) mass is 186 g/mol. The molecule has 1 N–H and O–H groups in total. The number of aliphatic hydroxyl groups is 1. The van der Waals surface area contributed by atoms with Crippen molar-refractivity contribution in [2.24, 2.45) is 11.3 Å². The van der Waals surface area contributed by atoms with E-state index in [0.29, 0.717) is 6.61 Å². The third-order valence-corrected chi connectivity index (χ3v) is 3.34. The van der Waals surface area contributed by atoms with Gasteiger partial charge in [-0.1, -0.05) is 40.5 Å². The van der Waals surface area contributed by atoms with Crippen LogP contribution in [0.3, 0.4) is 0 Å². The Bertz CT molecular complexity index is 116. The van der Waals surface area contributed by atoms with Gasteiger partial charge in [-0.05, 0) is 30.6 Å². The standard InChI is InChI=1S/C12H26O/c1-5-8-12(7-3,10-13)9-11(4)6-2/h11,13H,5-10H2,1-4H3. The van der Waals surface area contributed by atoms with Crippen LogP contribution in [0.15, 0.2) is 0 Å². The minimum Gasteiger partial charge on any atom is -0.396 e. The Morgan fingerprint density at radius 3 is 2.15 bits per heavy atom. The number of hydrogen-bond acceptors (Lipinski definition) is 1. The van der Waals surface area contributed by atoms with Gasteiger partial charge in [0.05, 0.1) is 0 Å². The second-order valence-corrected chi connectivity index (χ2v) is 4.48. The van der Waals surface area contributed by atoms with E-state index in [9.17, 15) is 5.11 Å². The summed E-state index contributed by atoms with van der Waals surface area (Å²) in [6.07, 6.45) is 5.88. The largest absolute Gasteiger partial charge is 0.396 e. The van der Waals surface area contributed by atoms with Crippen LogP contribution >= 0.6 is 0 Å². The van der Waals surface area contributed by atoms with Crippen LogP contribution in [0.4, 0.5) is 0 Å². The maximum Gasteiger partial charge on any atom is 0.0487 e. The van der Waals surface area contributed by atoms with Crippen LogP contribution in [0.1, 0.15) is 59.8 Å². The Kier molecular flexibility index (Phi) is 6.40. The molecule has 0 aliphatic heterocycles. The highest BCUT2D eigenvalue weighted by molar-refractivity contribution is 4.78. The Morgan fingerprint density at radius 2 is 1.85 bits per heavy atom. The number of hydrogen-bond donors (Lipinski definition) is 1. The van der Waals surface area contributed by atoms with Gasteiger partial charge in [-0.3, -0.25) is 0 Å². The Morgan fingerprint density at radius 1 is 1.23 bits per heavy atom. The zero-order chi connectivity index (χ0) is 10.3. The lowest BCUT2D eigenvalue weighted by atomic mass is 9.74. The summed E-state index contributed by atoms with van der Waals surface area (Å²) in [4.78, 5) is 0. The molecule has 0 saturated carbocycles. The van der Waals surface area contributed by atoms with Gasteiger partial charge in [-0.15, -0.1) is 0 Å². The molecular formula is C12H26O. The van der Waals surface area contributed by atoms with Crippen molar-refractivity contribution in [3.05, 3.63) is 0 Å². The van der Waals surface area contributed by atoms with Gasteiger partial charge in [0, 0.05) is 6.61 Å². The molecule has 0 aromatic carbocycles. The van der Waals surface area contributed by atoms with E-state index in [0.717, 1.165) is 12.3 Å². The minimum absolute atomic E-state index is 0.212. The van der Waals surface area contributed by atoms with Gasteiger partial charge in [0.25, 0.3) is 0 Å². The van der Waals surface area contributed by atoms with Gasteiger partial charge in [0.1, 0.15) is 0 Å². The predicted molar refractivity (Wildman–Crippen MR) is 58.8 cm³/mol. The summed E-state index contributed by atoms with van der Waals surface area (Å²) in [6.45, 7) is 9.29. The zero-order valence-electron chi connectivity index (χ0n) is 9.77. The van der Waals surface area contributed by atoms with E-state index in [4.69, 9.17) is 0 Å². The van der Waals surface area contributed by atoms with Crippen molar-refractivity contribution < 1.29 is 5.11 Å². The predicted octanol–water partition coefficient (Wildman–Crippen LogP) is 3.61. The number of aliphatic hydroxyl groups excluding tert-OH is 1. The molecule has 0 amide bonds.